The van der Waals surface area contributed by atoms with Gasteiger partial charge >= 0.3 is 0 Å². The molecule has 0 saturated carbocycles. The minimum atomic E-state index is -3.30. The average Bonchev–Trinajstić information content (AvgIpc) is 1.99. The van der Waals surface area contributed by atoms with Crippen LogP contribution in [0.3, 0.4) is 0 Å². The van der Waals surface area contributed by atoms with E-state index in [-0.39, 0.29) is 12.5 Å². The minimum Gasteiger partial charge on any atom is -0.298 e. The summed E-state index contributed by atoms with van der Waals surface area (Å²) >= 11 is 0. The van der Waals surface area contributed by atoms with E-state index in [4.69, 9.17) is 0 Å². The summed E-state index contributed by atoms with van der Waals surface area (Å²) in [7, 11) is -1.58. The highest BCUT2D eigenvalue weighted by atomic mass is 32.2. The van der Waals surface area contributed by atoms with Gasteiger partial charge in [0.05, 0.1) is 12.9 Å². The van der Waals surface area contributed by atoms with Gasteiger partial charge in [-0.25, -0.2) is 0 Å². The lowest BCUT2D eigenvalue weighted by Crippen LogP contribution is -2.13. The van der Waals surface area contributed by atoms with Crippen LogP contribution in [0.15, 0.2) is 4.99 Å². The van der Waals surface area contributed by atoms with Crippen molar-refractivity contribution >= 4 is 15.8 Å². The van der Waals surface area contributed by atoms with E-state index in [0.717, 1.165) is 18.4 Å². The second-order valence-electron chi connectivity index (χ2n) is 3.26. The van der Waals surface area contributed by atoms with E-state index >= 15 is 0 Å². The minimum absolute atomic E-state index is 0.179. The zero-order valence-corrected chi connectivity index (χ0v) is 9.39. The molecule has 0 bridgehead atoms. The third-order valence-electron chi connectivity index (χ3n) is 1.59. The highest BCUT2D eigenvalue weighted by molar-refractivity contribution is 7.85. The van der Waals surface area contributed by atoms with Crippen LogP contribution in [0.2, 0.25) is 0 Å². The first kappa shape index (κ1) is 12.6. The number of nitrogens with zero attached hydrogens (tertiary/aromatic N) is 1. The molecule has 0 spiro atoms. The third kappa shape index (κ3) is 7.93. The molecule has 5 heteroatoms. The maximum absolute atomic E-state index is 10.6. The molecule has 0 fully saturated rings. The highest BCUT2D eigenvalue weighted by Gasteiger charge is 2.08. The summed E-state index contributed by atoms with van der Waals surface area (Å²) in [6, 6.07) is 0. The Morgan fingerprint density at radius 2 is 2.08 bits per heavy atom. The van der Waals surface area contributed by atoms with Crippen molar-refractivity contribution in [2.24, 2.45) is 10.9 Å². The van der Waals surface area contributed by atoms with Crippen LogP contribution in [-0.2, 0) is 14.3 Å². The molecule has 0 aromatic carbocycles. The van der Waals surface area contributed by atoms with Crippen LogP contribution in [0.5, 0.6) is 0 Å². The lowest BCUT2D eigenvalue weighted by atomic mass is 10.1. The van der Waals surface area contributed by atoms with Gasteiger partial charge in [-0.3, -0.25) is 9.18 Å². The summed E-state index contributed by atoms with van der Waals surface area (Å²) in [5.41, 5.74) is 1.00. The van der Waals surface area contributed by atoms with Crippen molar-refractivity contribution < 1.29 is 12.6 Å². The van der Waals surface area contributed by atoms with Crippen molar-refractivity contribution in [2.75, 3.05) is 19.9 Å². The van der Waals surface area contributed by atoms with Gasteiger partial charge in [0, 0.05) is 12.8 Å². The predicted octanol–water partition coefficient (Wildman–Crippen LogP) is 1.08. The van der Waals surface area contributed by atoms with E-state index in [2.05, 4.69) is 9.18 Å². The zero-order valence-electron chi connectivity index (χ0n) is 8.57. The summed E-state index contributed by atoms with van der Waals surface area (Å²) in [4.78, 5) is 3.98. The Morgan fingerprint density at radius 3 is 2.46 bits per heavy atom. The smallest absolute Gasteiger partial charge is 0.264 e. The molecule has 0 aliphatic carbocycles. The van der Waals surface area contributed by atoms with Gasteiger partial charge in [0.15, 0.2) is 0 Å². The molecule has 0 saturated heterocycles. The average molecular weight is 207 g/mol. The molecule has 0 N–H and O–H groups in total. The molecule has 0 amide bonds. The van der Waals surface area contributed by atoms with Gasteiger partial charge in [0.2, 0.25) is 0 Å². The molecule has 0 aromatic rings. The second-order valence-corrected chi connectivity index (χ2v) is 4.90. The lowest BCUT2D eigenvalue weighted by Gasteiger charge is -2.09. The van der Waals surface area contributed by atoms with E-state index in [1.165, 1.54) is 0 Å². The fraction of sp³-hybridized carbons (Fsp3) is 0.875. The van der Waals surface area contributed by atoms with Crippen LogP contribution in [0.25, 0.3) is 0 Å². The van der Waals surface area contributed by atoms with Crippen molar-refractivity contribution in [3.63, 3.8) is 0 Å². The topological polar surface area (TPSA) is 55.7 Å². The maximum atomic E-state index is 10.6. The summed E-state index contributed by atoms with van der Waals surface area (Å²) in [5.74, 6) is 0.179. The molecule has 1 atom stereocenters. The molecule has 1 unspecified atom stereocenters. The summed E-state index contributed by atoms with van der Waals surface area (Å²) in [6.07, 6.45) is 1.83. The van der Waals surface area contributed by atoms with Gasteiger partial charge in [-0.2, -0.15) is 8.42 Å². The van der Waals surface area contributed by atoms with Crippen molar-refractivity contribution in [1.82, 2.24) is 0 Å². The molecule has 0 rings (SSSR count). The molecule has 0 aliphatic heterocycles. The van der Waals surface area contributed by atoms with Gasteiger partial charge in [-0.1, -0.05) is 6.92 Å². The molecule has 0 aromatic heterocycles. The van der Waals surface area contributed by atoms with Crippen molar-refractivity contribution in [3.8, 4) is 0 Å². The van der Waals surface area contributed by atoms with Gasteiger partial charge in [-0.15, -0.1) is 0 Å². The number of aliphatic imine (C=N–C) groups is 1. The van der Waals surface area contributed by atoms with Crippen LogP contribution in [0.1, 0.15) is 20.3 Å². The first-order valence-electron chi connectivity index (χ1n) is 4.12. The first-order chi connectivity index (χ1) is 5.85. The van der Waals surface area contributed by atoms with Gasteiger partial charge in [0.1, 0.15) is 0 Å². The third-order valence-corrected chi connectivity index (χ3v) is 2.16. The lowest BCUT2D eigenvalue weighted by molar-refractivity contribution is 0.271. The van der Waals surface area contributed by atoms with Gasteiger partial charge < -0.3 is 0 Å². The molecule has 4 nitrogen and oxygen atoms in total. The van der Waals surface area contributed by atoms with Crippen LogP contribution in [-0.4, -0.2) is 34.0 Å². The van der Waals surface area contributed by atoms with Crippen molar-refractivity contribution in [1.29, 1.82) is 0 Å². The molecule has 0 heterocycles. The summed E-state index contributed by atoms with van der Waals surface area (Å²) in [6.45, 7) is 4.07. The van der Waals surface area contributed by atoms with Gasteiger partial charge in [-0.05, 0) is 19.3 Å². The fourth-order valence-electron chi connectivity index (χ4n) is 0.894. The van der Waals surface area contributed by atoms with Crippen LogP contribution in [0, 0.1) is 5.92 Å². The standard InChI is InChI=1S/C8H17NO3S/c1-7(5-8(2)9-3)6-12-13(4,10)11/h7H,5-6H2,1-4H3. The SMILES string of the molecule is CN=C(C)CC(C)COS(C)(=O)=O. The Balaban J connectivity index is 3.83. The normalized spacial score (nSPS) is 15.8. The molecule has 13 heavy (non-hydrogen) atoms. The van der Waals surface area contributed by atoms with Crippen LogP contribution >= 0.6 is 0 Å². The number of hydrogen-bond acceptors (Lipinski definition) is 4. The van der Waals surface area contributed by atoms with E-state index < -0.39 is 10.1 Å². The van der Waals surface area contributed by atoms with Crippen LogP contribution < -0.4 is 0 Å². The van der Waals surface area contributed by atoms with E-state index in [1.54, 1.807) is 7.05 Å². The van der Waals surface area contributed by atoms with E-state index in [0.29, 0.717) is 0 Å². The molecule has 78 valence electrons. The monoisotopic (exact) mass is 207 g/mol. The Bertz CT molecular complexity index is 269. The molecule has 0 radical (unpaired) electrons. The largest absolute Gasteiger partial charge is 0.298 e. The Kier molecular flexibility index (Phi) is 5.17. The molecular formula is C8H17NO3S. The quantitative estimate of drug-likeness (QED) is 0.500. The second kappa shape index (κ2) is 5.34. The van der Waals surface area contributed by atoms with E-state index in [1.807, 2.05) is 13.8 Å². The highest BCUT2D eigenvalue weighted by Crippen LogP contribution is 2.05. The van der Waals surface area contributed by atoms with Gasteiger partial charge in [0.25, 0.3) is 10.1 Å². The first-order valence-corrected chi connectivity index (χ1v) is 5.93. The summed E-state index contributed by atoms with van der Waals surface area (Å²) in [5, 5.41) is 0. The van der Waals surface area contributed by atoms with Crippen molar-refractivity contribution in [3.05, 3.63) is 0 Å². The Morgan fingerprint density at radius 1 is 1.54 bits per heavy atom. The fourth-order valence-corrected chi connectivity index (χ4v) is 1.37. The zero-order chi connectivity index (χ0) is 10.5. The Hall–Kier alpha value is -0.420. The van der Waals surface area contributed by atoms with E-state index in [9.17, 15) is 8.42 Å². The molecular weight excluding hydrogens is 190 g/mol. The summed E-state index contributed by atoms with van der Waals surface area (Å²) < 4.78 is 25.9. The Labute approximate surface area is 80.1 Å². The van der Waals surface area contributed by atoms with Crippen molar-refractivity contribution in [2.45, 2.75) is 20.3 Å². The predicted molar refractivity (Wildman–Crippen MR) is 53.6 cm³/mol. The number of rotatable bonds is 5. The molecule has 0 aliphatic rings. The van der Waals surface area contributed by atoms with Crippen LogP contribution in [0.4, 0.5) is 0 Å². The maximum Gasteiger partial charge on any atom is 0.264 e. The number of hydrogen-bond donors (Lipinski definition) is 0.